The van der Waals surface area contributed by atoms with Gasteiger partial charge in [0.2, 0.25) is 5.91 Å². The maximum absolute atomic E-state index is 12.3. The molecule has 1 amide bonds. The first-order valence-electron chi connectivity index (χ1n) is 10.2. The summed E-state index contributed by atoms with van der Waals surface area (Å²) < 4.78 is 11.1. The minimum atomic E-state index is -0.280. The fraction of sp³-hybridized carbons (Fsp3) is 0.200. The summed E-state index contributed by atoms with van der Waals surface area (Å²) in [5, 5.41) is 4.72. The second-order valence-electron chi connectivity index (χ2n) is 7.70. The molecule has 0 aliphatic rings. The minimum absolute atomic E-state index is 0.280. The van der Waals surface area contributed by atoms with Gasteiger partial charge in [0.25, 0.3) is 0 Å². The number of halogens is 1. The van der Waals surface area contributed by atoms with Crippen molar-refractivity contribution in [1.82, 2.24) is 4.98 Å². The van der Waals surface area contributed by atoms with Crippen molar-refractivity contribution in [1.29, 1.82) is 0 Å². The molecule has 5 nitrogen and oxygen atoms in total. The van der Waals surface area contributed by atoms with Crippen molar-refractivity contribution in [2.24, 2.45) is 0 Å². The van der Waals surface area contributed by atoms with Crippen LogP contribution in [0, 0.1) is 0 Å². The molecule has 0 aliphatic heterocycles. The molecule has 0 unspecified atom stereocenters. The van der Waals surface area contributed by atoms with E-state index >= 15 is 0 Å². The van der Waals surface area contributed by atoms with Crippen molar-refractivity contribution >= 4 is 51.0 Å². The van der Waals surface area contributed by atoms with E-state index in [2.05, 4.69) is 48.4 Å². The first kappa shape index (κ1) is 22.1. The van der Waals surface area contributed by atoms with Gasteiger partial charge in [0.1, 0.15) is 5.76 Å². The highest BCUT2D eigenvalue weighted by atomic mass is 35.5. The Morgan fingerprint density at radius 2 is 2.03 bits per heavy atom. The van der Waals surface area contributed by atoms with Crippen LogP contribution in [0.4, 0.5) is 5.13 Å². The van der Waals surface area contributed by atoms with Gasteiger partial charge in [-0.25, -0.2) is 4.98 Å². The summed E-state index contributed by atoms with van der Waals surface area (Å²) in [6, 6.07) is 13.9. The number of aromatic nitrogens is 1. The van der Waals surface area contributed by atoms with Crippen molar-refractivity contribution in [3.63, 3.8) is 0 Å². The molecule has 0 bridgehead atoms. The van der Waals surface area contributed by atoms with Gasteiger partial charge in [-0.1, -0.05) is 49.7 Å². The zero-order valence-electron chi connectivity index (χ0n) is 18.0. The average Bonchev–Trinajstić information content (AvgIpc) is 3.38. The highest BCUT2D eigenvalue weighted by Gasteiger charge is 2.10. The molecule has 2 aromatic carbocycles. The van der Waals surface area contributed by atoms with Crippen molar-refractivity contribution in [2.75, 3.05) is 12.4 Å². The lowest BCUT2D eigenvalue weighted by molar-refractivity contribution is -0.111. The molecular formula is C25H23ClN2O3S. The molecule has 0 spiro atoms. The molecule has 164 valence electrons. The van der Waals surface area contributed by atoms with E-state index in [4.69, 9.17) is 20.8 Å². The number of nitrogens with one attached hydrogen (secondary N) is 1. The third-order valence-electron chi connectivity index (χ3n) is 4.99. The number of furan rings is 1. The Kier molecular flexibility index (Phi) is 6.63. The molecule has 0 atom stereocenters. The van der Waals surface area contributed by atoms with E-state index in [1.807, 2.05) is 0 Å². The summed E-state index contributed by atoms with van der Waals surface area (Å²) in [6.07, 6.45) is 5.60. The predicted octanol–water partition coefficient (Wildman–Crippen LogP) is 6.92. The molecule has 4 aromatic rings. The molecule has 0 radical (unpaired) electrons. The third kappa shape index (κ3) is 5.21. The van der Waals surface area contributed by atoms with Gasteiger partial charge in [-0.3, -0.25) is 10.1 Å². The van der Waals surface area contributed by atoms with E-state index in [-0.39, 0.29) is 5.91 Å². The van der Waals surface area contributed by atoms with Crippen LogP contribution in [0.5, 0.6) is 5.75 Å². The first-order valence-corrected chi connectivity index (χ1v) is 11.4. The molecule has 0 aliphatic carbocycles. The Hall–Kier alpha value is -3.09. The molecule has 0 fully saturated rings. The number of carbonyl (C=O) groups is 1. The number of carbonyl (C=O) groups excluding carboxylic acids is 1. The monoisotopic (exact) mass is 466 g/mol. The minimum Gasteiger partial charge on any atom is -0.493 e. The molecule has 0 saturated carbocycles. The van der Waals surface area contributed by atoms with Crippen LogP contribution < -0.4 is 10.1 Å². The van der Waals surface area contributed by atoms with E-state index in [1.54, 1.807) is 37.6 Å². The maximum atomic E-state index is 12.3. The fourth-order valence-electron chi connectivity index (χ4n) is 3.31. The zero-order valence-corrected chi connectivity index (χ0v) is 19.6. The molecule has 4 rings (SSSR count). The van der Waals surface area contributed by atoms with Crippen LogP contribution in [0.3, 0.4) is 0 Å². The number of thiazole rings is 1. The second-order valence-corrected chi connectivity index (χ2v) is 9.25. The van der Waals surface area contributed by atoms with Gasteiger partial charge >= 0.3 is 0 Å². The van der Waals surface area contributed by atoms with Crippen LogP contribution in [0.1, 0.15) is 41.5 Å². The Labute approximate surface area is 195 Å². The van der Waals surface area contributed by atoms with Crippen LogP contribution >= 0.6 is 22.9 Å². The Bertz CT molecular complexity index is 1270. The Morgan fingerprint density at radius 3 is 2.75 bits per heavy atom. The largest absolute Gasteiger partial charge is 0.493 e. The van der Waals surface area contributed by atoms with Crippen LogP contribution in [0.15, 0.2) is 59.2 Å². The summed E-state index contributed by atoms with van der Waals surface area (Å²) in [7, 11) is 1.56. The van der Waals surface area contributed by atoms with Crippen LogP contribution in [-0.2, 0) is 11.2 Å². The lowest BCUT2D eigenvalue weighted by Gasteiger charge is -2.06. The van der Waals surface area contributed by atoms with E-state index in [0.29, 0.717) is 33.2 Å². The summed E-state index contributed by atoms with van der Waals surface area (Å²) >= 11 is 7.56. The van der Waals surface area contributed by atoms with Gasteiger partial charge in [0.15, 0.2) is 16.5 Å². The van der Waals surface area contributed by atoms with Crippen molar-refractivity contribution in [3.05, 3.63) is 81.5 Å². The smallest absolute Gasteiger partial charge is 0.250 e. The number of ether oxygens (including phenoxy) is 1. The highest BCUT2D eigenvalue weighted by molar-refractivity contribution is 7.15. The SMILES string of the molecule is COc1cc(Cl)cc2cc(C=CC(=O)Nc3ncc(Cc4ccc(C(C)C)cc4)s3)oc12. The molecular weight excluding hydrogens is 444 g/mol. The number of hydrogen-bond donors (Lipinski definition) is 1. The number of rotatable bonds is 7. The van der Waals surface area contributed by atoms with Gasteiger partial charge in [-0.05, 0) is 35.3 Å². The van der Waals surface area contributed by atoms with E-state index in [1.165, 1.54) is 28.5 Å². The van der Waals surface area contributed by atoms with Crippen molar-refractivity contribution in [2.45, 2.75) is 26.2 Å². The average molecular weight is 467 g/mol. The quantitative estimate of drug-likeness (QED) is 0.300. The van der Waals surface area contributed by atoms with Gasteiger partial charge in [-0.2, -0.15) is 0 Å². The summed E-state index contributed by atoms with van der Waals surface area (Å²) in [5.74, 6) is 1.31. The summed E-state index contributed by atoms with van der Waals surface area (Å²) in [5.41, 5.74) is 3.13. The third-order valence-corrected chi connectivity index (χ3v) is 6.12. The molecule has 32 heavy (non-hydrogen) atoms. The summed E-state index contributed by atoms with van der Waals surface area (Å²) in [4.78, 5) is 17.7. The Balaban J connectivity index is 1.39. The van der Waals surface area contributed by atoms with Crippen molar-refractivity contribution in [3.8, 4) is 5.75 Å². The lowest BCUT2D eigenvalue weighted by atomic mass is 10.0. The van der Waals surface area contributed by atoms with E-state index in [0.717, 1.165) is 16.7 Å². The van der Waals surface area contributed by atoms with Gasteiger partial charge in [-0.15, -0.1) is 11.3 Å². The normalized spacial score (nSPS) is 11.5. The zero-order chi connectivity index (χ0) is 22.7. The van der Waals surface area contributed by atoms with E-state index < -0.39 is 0 Å². The number of benzene rings is 2. The Morgan fingerprint density at radius 1 is 1.25 bits per heavy atom. The van der Waals surface area contributed by atoms with Crippen molar-refractivity contribution < 1.29 is 13.9 Å². The lowest BCUT2D eigenvalue weighted by Crippen LogP contribution is -2.06. The van der Waals surface area contributed by atoms with E-state index in [9.17, 15) is 4.79 Å². The second kappa shape index (κ2) is 9.59. The molecule has 2 aromatic heterocycles. The fourth-order valence-corrected chi connectivity index (χ4v) is 4.38. The standard InChI is InChI=1S/C25H23ClN2O3S/c1-15(2)17-6-4-16(5-7-17)10-21-14-27-25(32-21)28-23(29)9-8-20-12-18-11-19(26)13-22(30-3)24(18)31-20/h4-9,11-15H,10H2,1-3H3,(H,27,28,29). The van der Waals surface area contributed by atoms with Gasteiger partial charge in [0.05, 0.1) is 7.11 Å². The number of amides is 1. The van der Waals surface area contributed by atoms with Gasteiger partial charge in [0, 0.05) is 40.0 Å². The molecule has 0 saturated heterocycles. The van der Waals surface area contributed by atoms with Gasteiger partial charge < -0.3 is 9.15 Å². The highest BCUT2D eigenvalue weighted by Crippen LogP contribution is 2.32. The predicted molar refractivity (Wildman–Crippen MR) is 131 cm³/mol. The summed E-state index contributed by atoms with van der Waals surface area (Å²) in [6.45, 7) is 4.37. The van der Waals surface area contributed by atoms with Crippen LogP contribution in [0.2, 0.25) is 5.02 Å². The number of hydrogen-bond acceptors (Lipinski definition) is 5. The number of fused-ring (bicyclic) bond motifs is 1. The number of anilines is 1. The van der Waals surface area contributed by atoms with Crippen LogP contribution in [-0.4, -0.2) is 18.0 Å². The maximum Gasteiger partial charge on any atom is 0.250 e. The molecule has 7 heteroatoms. The topological polar surface area (TPSA) is 64.4 Å². The molecule has 1 N–H and O–H groups in total. The van der Waals surface area contributed by atoms with Crippen LogP contribution in [0.25, 0.3) is 17.0 Å². The first-order chi connectivity index (χ1) is 15.4. The number of nitrogens with zero attached hydrogens (tertiary/aromatic N) is 1. The number of methoxy groups -OCH3 is 1. The molecule has 2 heterocycles.